The summed E-state index contributed by atoms with van der Waals surface area (Å²) in [5, 5.41) is 2.72. The molecule has 6 rings (SSSR count). The largest absolute Gasteiger partial charge is 0.510 e. The van der Waals surface area contributed by atoms with Crippen LogP contribution in [0.2, 0.25) is 0 Å². The summed E-state index contributed by atoms with van der Waals surface area (Å²) in [4.78, 5) is 40.1. The van der Waals surface area contributed by atoms with Crippen molar-refractivity contribution in [3.63, 3.8) is 0 Å². The molecular formula is C27H31N3O7S. The van der Waals surface area contributed by atoms with Gasteiger partial charge in [-0.2, -0.15) is 11.8 Å². The molecule has 4 atom stereocenters. The number of nitrogens with zero attached hydrogens (tertiary/aromatic N) is 3. The second-order valence-electron chi connectivity index (χ2n) is 9.94. The lowest BCUT2D eigenvalue weighted by Gasteiger charge is -2.53. The summed E-state index contributed by atoms with van der Waals surface area (Å²) >= 11 is 2.03. The topological polar surface area (TPSA) is 99.5 Å². The molecule has 202 valence electrons. The second-order valence-corrected chi connectivity index (χ2v) is 11.2. The summed E-state index contributed by atoms with van der Waals surface area (Å²) in [6.07, 6.45) is 5.01. The number of morpholine rings is 1. The molecule has 2 fully saturated rings. The Bertz CT molecular complexity index is 1280. The Balaban J connectivity index is 1.51. The van der Waals surface area contributed by atoms with E-state index >= 15 is 0 Å². The standard InChI is InChI=1S/C27H31N3O7S/c1-34-27(33)37-16-36-25-20(31)10-11-29-24(25)26(32)28-12-13-35-14-22(28)30(29)23-18-7-3-2-6-17(18)15-38-21-9-5-4-8-19(21)23/h2-3,6-7,10-11,19,21-23H,4-5,8-9,12-16H2,1H3. The zero-order valence-corrected chi connectivity index (χ0v) is 22.1. The van der Waals surface area contributed by atoms with Crippen LogP contribution in [0.3, 0.4) is 0 Å². The minimum atomic E-state index is -0.938. The number of hydrogen-bond donors (Lipinski definition) is 0. The van der Waals surface area contributed by atoms with Crippen LogP contribution in [0.5, 0.6) is 5.75 Å². The maximum atomic E-state index is 13.9. The molecular weight excluding hydrogens is 510 g/mol. The lowest BCUT2D eigenvalue weighted by atomic mass is 9.79. The highest BCUT2D eigenvalue weighted by Gasteiger charge is 2.49. The number of thioether (sulfide) groups is 1. The number of carbonyl (C=O) groups excluding carboxylic acids is 2. The summed E-state index contributed by atoms with van der Waals surface area (Å²) in [7, 11) is 1.18. The van der Waals surface area contributed by atoms with Crippen molar-refractivity contribution in [2.24, 2.45) is 5.92 Å². The average Bonchev–Trinajstić information content (AvgIpc) is 3.11. The molecule has 38 heavy (non-hydrogen) atoms. The van der Waals surface area contributed by atoms with Gasteiger partial charge in [0.25, 0.3) is 5.91 Å². The number of hydrogen-bond acceptors (Lipinski definition) is 9. The molecule has 1 saturated heterocycles. The number of aromatic nitrogens is 1. The fourth-order valence-electron chi connectivity index (χ4n) is 6.29. The third-order valence-electron chi connectivity index (χ3n) is 7.97. The van der Waals surface area contributed by atoms with Crippen LogP contribution in [0.25, 0.3) is 0 Å². The molecule has 0 N–H and O–H groups in total. The van der Waals surface area contributed by atoms with Crippen LogP contribution in [-0.4, -0.2) is 66.7 Å². The van der Waals surface area contributed by atoms with Crippen LogP contribution in [0, 0.1) is 5.92 Å². The fraction of sp³-hybridized carbons (Fsp3) is 0.519. The third kappa shape index (κ3) is 4.31. The van der Waals surface area contributed by atoms with Gasteiger partial charge in [-0.3, -0.25) is 19.3 Å². The highest BCUT2D eigenvalue weighted by molar-refractivity contribution is 7.99. The molecule has 1 saturated carbocycles. The molecule has 3 aliphatic heterocycles. The van der Waals surface area contributed by atoms with Crippen LogP contribution in [0.4, 0.5) is 4.79 Å². The number of pyridine rings is 1. The summed E-state index contributed by atoms with van der Waals surface area (Å²) in [6.45, 7) is 0.630. The molecule has 1 amide bonds. The predicted octanol–water partition coefficient (Wildman–Crippen LogP) is 3.26. The summed E-state index contributed by atoms with van der Waals surface area (Å²) in [5.41, 5.74) is 2.21. The normalized spacial score (nSPS) is 26.3. The van der Waals surface area contributed by atoms with Crippen LogP contribution >= 0.6 is 11.8 Å². The van der Waals surface area contributed by atoms with E-state index < -0.39 is 18.4 Å². The van der Waals surface area contributed by atoms with Crippen molar-refractivity contribution in [1.29, 1.82) is 0 Å². The van der Waals surface area contributed by atoms with Crippen LogP contribution in [0.15, 0.2) is 41.3 Å². The van der Waals surface area contributed by atoms with Gasteiger partial charge in [0.2, 0.25) is 18.0 Å². The molecule has 4 aliphatic rings. The van der Waals surface area contributed by atoms with Crippen molar-refractivity contribution < 1.29 is 28.5 Å². The summed E-state index contributed by atoms with van der Waals surface area (Å²) in [6, 6.07) is 9.92. The highest BCUT2D eigenvalue weighted by Crippen LogP contribution is 2.49. The smallest absolute Gasteiger partial charge is 0.451 e. The number of methoxy groups -OCH3 is 1. The Kier molecular flexibility index (Phi) is 6.96. The van der Waals surface area contributed by atoms with E-state index in [9.17, 15) is 14.4 Å². The average molecular weight is 542 g/mol. The van der Waals surface area contributed by atoms with Gasteiger partial charge >= 0.3 is 6.16 Å². The second kappa shape index (κ2) is 10.5. The predicted molar refractivity (Wildman–Crippen MR) is 140 cm³/mol. The monoisotopic (exact) mass is 541 g/mol. The van der Waals surface area contributed by atoms with Crippen molar-refractivity contribution in [3.05, 3.63) is 63.6 Å². The Labute approximate surface area is 224 Å². The van der Waals surface area contributed by atoms with E-state index in [4.69, 9.17) is 14.2 Å². The number of carbonyl (C=O) groups is 2. The molecule has 0 spiro atoms. The molecule has 11 heteroatoms. The third-order valence-corrected chi connectivity index (χ3v) is 9.46. The quantitative estimate of drug-likeness (QED) is 0.427. The van der Waals surface area contributed by atoms with Gasteiger partial charge in [0.15, 0.2) is 5.69 Å². The molecule has 1 aliphatic carbocycles. The van der Waals surface area contributed by atoms with E-state index in [1.165, 1.54) is 30.7 Å². The number of amides is 1. The molecule has 2 aromatic rings. The van der Waals surface area contributed by atoms with Crippen molar-refractivity contribution in [2.45, 2.75) is 48.9 Å². The van der Waals surface area contributed by atoms with Gasteiger partial charge in [-0.1, -0.05) is 37.1 Å². The minimum Gasteiger partial charge on any atom is -0.451 e. The first-order chi connectivity index (χ1) is 18.6. The van der Waals surface area contributed by atoms with Gasteiger partial charge in [-0.05, 0) is 29.9 Å². The molecule has 10 nitrogen and oxygen atoms in total. The van der Waals surface area contributed by atoms with Gasteiger partial charge in [-0.25, -0.2) is 4.79 Å². The van der Waals surface area contributed by atoms with Crippen LogP contribution < -0.4 is 15.2 Å². The first-order valence-corrected chi connectivity index (χ1v) is 14.1. The highest BCUT2D eigenvalue weighted by atomic mass is 32.2. The lowest BCUT2D eigenvalue weighted by molar-refractivity contribution is -0.0251. The van der Waals surface area contributed by atoms with E-state index in [0.29, 0.717) is 30.9 Å². The van der Waals surface area contributed by atoms with Crippen molar-refractivity contribution in [3.8, 4) is 5.75 Å². The van der Waals surface area contributed by atoms with Crippen LogP contribution in [0.1, 0.15) is 53.3 Å². The molecule has 1 aromatic heterocycles. The molecule has 4 unspecified atom stereocenters. The van der Waals surface area contributed by atoms with Crippen LogP contribution in [-0.2, 0) is 20.0 Å². The molecule has 0 bridgehead atoms. The van der Waals surface area contributed by atoms with Gasteiger partial charge in [0.1, 0.15) is 6.17 Å². The Morgan fingerprint density at radius 2 is 2.00 bits per heavy atom. The van der Waals surface area contributed by atoms with Gasteiger partial charge in [-0.15, -0.1) is 0 Å². The molecule has 4 heterocycles. The summed E-state index contributed by atoms with van der Waals surface area (Å²) < 4.78 is 22.7. The zero-order chi connectivity index (χ0) is 26.2. The van der Waals surface area contributed by atoms with Gasteiger partial charge < -0.3 is 23.8 Å². The number of fused-ring (bicyclic) bond motifs is 4. The Morgan fingerprint density at radius 1 is 1.16 bits per heavy atom. The van der Waals surface area contributed by atoms with Gasteiger partial charge in [0.05, 0.1) is 26.4 Å². The number of ether oxygens (including phenoxy) is 4. The first kappa shape index (κ1) is 25.1. The fourth-order valence-corrected chi connectivity index (χ4v) is 7.81. The zero-order valence-electron chi connectivity index (χ0n) is 21.2. The first-order valence-electron chi connectivity index (χ1n) is 13.0. The molecule has 0 radical (unpaired) electrons. The number of benzene rings is 1. The lowest BCUT2D eigenvalue weighted by Crippen LogP contribution is -2.67. The summed E-state index contributed by atoms with van der Waals surface area (Å²) in [5.74, 6) is 0.847. The minimum absolute atomic E-state index is 0.0331. The molecule has 1 aromatic carbocycles. The number of rotatable bonds is 4. The van der Waals surface area contributed by atoms with Crippen molar-refractivity contribution in [1.82, 2.24) is 9.58 Å². The Hall–Kier alpha value is -3.18. The van der Waals surface area contributed by atoms with E-state index in [0.717, 1.165) is 25.0 Å². The van der Waals surface area contributed by atoms with Gasteiger partial charge in [0, 0.05) is 29.8 Å². The van der Waals surface area contributed by atoms with E-state index in [1.807, 2.05) is 11.8 Å². The maximum absolute atomic E-state index is 13.9. The van der Waals surface area contributed by atoms with E-state index in [-0.39, 0.29) is 29.6 Å². The maximum Gasteiger partial charge on any atom is 0.510 e. The van der Waals surface area contributed by atoms with Crippen molar-refractivity contribution in [2.75, 3.05) is 38.7 Å². The Morgan fingerprint density at radius 3 is 2.87 bits per heavy atom. The van der Waals surface area contributed by atoms with Crippen molar-refractivity contribution >= 4 is 23.8 Å². The SMILES string of the molecule is COC(=O)OCOc1c2n(ccc1=O)N(C1c3ccccc3CSC3CCCCC31)C1COCCN1C2=O. The van der Waals surface area contributed by atoms with E-state index in [1.54, 1.807) is 15.8 Å². The van der Waals surface area contributed by atoms with E-state index in [2.05, 4.69) is 34.0 Å².